The van der Waals surface area contributed by atoms with Crippen LogP contribution in [0.2, 0.25) is 19.6 Å². The summed E-state index contributed by atoms with van der Waals surface area (Å²) in [6.45, 7) is 27.4. The van der Waals surface area contributed by atoms with Gasteiger partial charge in [-0.2, -0.15) is 0 Å². The van der Waals surface area contributed by atoms with Gasteiger partial charge < -0.3 is 14.0 Å². The SMILES string of the molecule is CC(C)(C)Cc1cc(-c2[c-]cccc2)ncc1[Si](C)(C)C.Cc1cc(C(C)C)c(-n2c(-c3[c-]ccc4c3oc3ccccc34)nc3cncc(C)c32)c(C(C)C)c1.[Ir]. The van der Waals surface area contributed by atoms with Crippen LogP contribution >= 0.6 is 0 Å². The number of para-hydroxylation sites is 1. The molecule has 8 aromatic rings. The normalized spacial score (nSPS) is 12.0. The first kappa shape index (κ1) is 42.9. The van der Waals surface area contributed by atoms with Crippen molar-refractivity contribution in [2.75, 3.05) is 0 Å². The first-order valence-electron chi connectivity index (χ1n) is 20.3. The zero-order valence-corrected chi connectivity index (χ0v) is 39.5. The summed E-state index contributed by atoms with van der Waals surface area (Å²) < 4.78 is 8.77. The quantitative estimate of drug-likeness (QED) is 0.118. The van der Waals surface area contributed by atoms with Gasteiger partial charge in [-0.05, 0) is 71.2 Å². The number of benzene rings is 4. The summed E-state index contributed by atoms with van der Waals surface area (Å²) in [6.07, 6.45) is 6.99. The second-order valence-corrected chi connectivity index (χ2v) is 23.4. The number of hydrogen-bond donors (Lipinski definition) is 0. The second-order valence-electron chi connectivity index (χ2n) is 18.4. The number of imidazole rings is 1. The summed E-state index contributed by atoms with van der Waals surface area (Å²) in [7, 11) is -1.37. The fourth-order valence-corrected chi connectivity index (χ4v) is 9.57. The molecule has 0 spiro atoms. The molecule has 0 aliphatic carbocycles. The number of nitrogens with zero attached hydrogens (tertiary/aromatic N) is 4. The first-order chi connectivity index (χ1) is 27.0. The topological polar surface area (TPSA) is 56.7 Å². The molecular formula is C51H56IrN4OSi-2. The zero-order chi connectivity index (χ0) is 40.8. The van der Waals surface area contributed by atoms with Crippen LogP contribution in [0.5, 0.6) is 0 Å². The van der Waals surface area contributed by atoms with E-state index in [4.69, 9.17) is 14.4 Å². The van der Waals surface area contributed by atoms with Crippen LogP contribution in [0.1, 0.15) is 88.1 Å². The molecule has 4 aromatic heterocycles. The Morgan fingerprint density at radius 3 is 2.12 bits per heavy atom. The van der Waals surface area contributed by atoms with Crippen molar-refractivity contribution in [3.63, 3.8) is 0 Å². The van der Waals surface area contributed by atoms with E-state index in [0.717, 1.165) is 67.6 Å². The molecule has 4 heterocycles. The van der Waals surface area contributed by atoms with Crippen LogP contribution in [0, 0.1) is 31.4 Å². The van der Waals surface area contributed by atoms with Gasteiger partial charge in [0, 0.05) is 43.6 Å². The molecule has 5 nitrogen and oxygen atoms in total. The van der Waals surface area contributed by atoms with Gasteiger partial charge >= 0.3 is 0 Å². The third-order valence-corrected chi connectivity index (χ3v) is 12.7. The molecule has 0 saturated carbocycles. The maximum Gasteiger partial charge on any atom is 0.120 e. The average molecular weight is 961 g/mol. The van der Waals surface area contributed by atoms with Gasteiger partial charge in [-0.1, -0.05) is 127 Å². The molecule has 0 aliphatic heterocycles. The van der Waals surface area contributed by atoms with Crippen LogP contribution in [-0.4, -0.2) is 27.6 Å². The van der Waals surface area contributed by atoms with Gasteiger partial charge in [0.1, 0.15) is 5.58 Å². The molecule has 0 atom stereocenters. The van der Waals surface area contributed by atoms with Gasteiger partial charge in [0.2, 0.25) is 0 Å². The number of rotatable bonds is 7. The van der Waals surface area contributed by atoms with E-state index in [1.54, 1.807) is 0 Å². The minimum absolute atomic E-state index is 0. The molecule has 0 fully saturated rings. The monoisotopic (exact) mass is 961 g/mol. The van der Waals surface area contributed by atoms with Gasteiger partial charge in [0.15, 0.2) is 0 Å². The Bertz CT molecular complexity index is 2680. The van der Waals surface area contributed by atoms with Crippen molar-refractivity contribution in [1.82, 2.24) is 19.5 Å². The number of furan rings is 1. The molecule has 0 amide bonds. The summed E-state index contributed by atoms with van der Waals surface area (Å²) in [5, 5.41) is 3.66. The molecule has 7 heteroatoms. The Labute approximate surface area is 359 Å². The van der Waals surface area contributed by atoms with Gasteiger partial charge in [-0.15, -0.1) is 54.1 Å². The van der Waals surface area contributed by atoms with E-state index in [9.17, 15) is 0 Å². The average Bonchev–Trinajstić information content (AvgIpc) is 3.73. The minimum Gasteiger partial charge on any atom is -0.501 e. The van der Waals surface area contributed by atoms with Crippen LogP contribution < -0.4 is 5.19 Å². The molecule has 301 valence electrons. The standard InChI is InChI=1S/C32H30N3O.C19H26NSi.Ir/c1-18(2)25-14-20(5)15-26(19(3)4)30(25)35-29-21(6)16-33-17-27(29)34-32(35)24-12-9-11-23-22-10-7-8-13-28(22)36-31(23)24;1-19(2,3)13-16-12-17(15-10-8-7-9-11-15)20-14-18(16)21(4,5)6;/h7-11,13-19H,1-6H3;7-10,12,14H,13H2,1-6H3;/q2*-1;. The Hall–Kier alpha value is -4.68. The van der Waals surface area contributed by atoms with Gasteiger partial charge in [-0.25, -0.2) is 0 Å². The molecule has 1 radical (unpaired) electrons. The van der Waals surface area contributed by atoms with E-state index in [-0.39, 0.29) is 25.5 Å². The van der Waals surface area contributed by atoms with Gasteiger partial charge in [-0.3, -0.25) is 9.97 Å². The van der Waals surface area contributed by atoms with Crippen LogP contribution in [0.4, 0.5) is 0 Å². The molecular weight excluding hydrogens is 905 g/mol. The number of pyridine rings is 2. The zero-order valence-electron chi connectivity index (χ0n) is 36.1. The molecule has 0 saturated heterocycles. The molecule has 58 heavy (non-hydrogen) atoms. The number of aromatic nitrogens is 4. The third-order valence-electron chi connectivity index (χ3n) is 10.6. The van der Waals surface area contributed by atoms with Crippen molar-refractivity contribution in [1.29, 1.82) is 0 Å². The molecule has 0 N–H and O–H groups in total. The Kier molecular flexibility index (Phi) is 12.5. The van der Waals surface area contributed by atoms with E-state index >= 15 is 0 Å². The Morgan fingerprint density at radius 1 is 0.793 bits per heavy atom. The maximum absolute atomic E-state index is 6.43. The van der Waals surface area contributed by atoms with E-state index < -0.39 is 8.07 Å². The van der Waals surface area contributed by atoms with E-state index in [2.05, 4.69) is 146 Å². The van der Waals surface area contributed by atoms with Crippen LogP contribution in [0.25, 0.3) is 61.3 Å². The Morgan fingerprint density at radius 2 is 1.48 bits per heavy atom. The smallest absolute Gasteiger partial charge is 0.120 e. The summed E-state index contributed by atoms with van der Waals surface area (Å²) in [6, 6.07) is 34.0. The summed E-state index contributed by atoms with van der Waals surface area (Å²) in [5.74, 6) is 1.52. The van der Waals surface area contributed by atoms with Crippen LogP contribution in [0.3, 0.4) is 0 Å². The van der Waals surface area contributed by atoms with Crippen LogP contribution in [0.15, 0.2) is 102 Å². The van der Waals surface area contributed by atoms with Crippen molar-refractivity contribution in [2.24, 2.45) is 5.41 Å². The summed E-state index contributed by atoms with van der Waals surface area (Å²) in [4.78, 5) is 14.4. The summed E-state index contributed by atoms with van der Waals surface area (Å²) >= 11 is 0. The molecule has 0 aliphatic rings. The minimum atomic E-state index is -1.37. The molecule has 8 rings (SSSR count). The number of fused-ring (bicyclic) bond motifs is 4. The molecule has 0 unspecified atom stereocenters. The maximum atomic E-state index is 6.43. The van der Waals surface area contributed by atoms with E-state index in [0.29, 0.717) is 11.8 Å². The number of aryl methyl sites for hydroxylation is 2. The Balaban J connectivity index is 0.000000221. The van der Waals surface area contributed by atoms with Gasteiger partial charge in [0.05, 0.1) is 36.7 Å². The van der Waals surface area contributed by atoms with Crippen molar-refractivity contribution in [3.05, 3.63) is 137 Å². The van der Waals surface area contributed by atoms with E-state index in [1.807, 2.05) is 54.9 Å². The first-order valence-corrected chi connectivity index (χ1v) is 23.8. The molecule has 4 aromatic carbocycles. The van der Waals surface area contributed by atoms with Crippen molar-refractivity contribution >= 4 is 46.2 Å². The fraction of sp³-hybridized carbons (Fsp3) is 0.314. The van der Waals surface area contributed by atoms with Crippen LogP contribution in [-0.2, 0) is 26.5 Å². The van der Waals surface area contributed by atoms with Crippen molar-refractivity contribution in [2.45, 2.75) is 100 Å². The largest absolute Gasteiger partial charge is 0.501 e. The number of hydrogen-bond acceptors (Lipinski definition) is 4. The predicted molar refractivity (Wildman–Crippen MR) is 243 cm³/mol. The fourth-order valence-electron chi connectivity index (χ4n) is 7.99. The van der Waals surface area contributed by atoms with Crippen molar-refractivity contribution < 1.29 is 24.5 Å². The second kappa shape index (κ2) is 16.9. The molecule has 0 bridgehead atoms. The van der Waals surface area contributed by atoms with E-state index in [1.165, 1.54) is 33.1 Å². The van der Waals surface area contributed by atoms with Gasteiger partial charge in [0.25, 0.3) is 0 Å². The predicted octanol–water partition coefficient (Wildman–Crippen LogP) is 13.3. The van der Waals surface area contributed by atoms with Crippen molar-refractivity contribution in [3.8, 4) is 28.3 Å². The summed E-state index contributed by atoms with van der Waals surface area (Å²) in [5.41, 5.74) is 14.6. The third kappa shape index (κ3) is 8.68.